The highest BCUT2D eigenvalue weighted by molar-refractivity contribution is 5.94. The molecule has 0 saturated carbocycles. The van der Waals surface area contributed by atoms with E-state index in [0.717, 1.165) is 18.4 Å². The molecule has 0 radical (unpaired) electrons. The third-order valence-corrected chi connectivity index (χ3v) is 4.42. The van der Waals surface area contributed by atoms with Crippen molar-refractivity contribution in [3.05, 3.63) is 57.9 Å². The third kappa shape index (κ3) is 3.70. The fourth-order valence-electron chi connectivity index (χ4n) is 3.07. The van der Waals surface area contributed by atoms with Crippen molar-refractivity contribution in [3.63, 3.8) is 0 Å². The molecule has 1 aromatic carbocycles. The number of anilines is 1. The summed E-state index contributed by atoms with van der Waals surface area (Å²) in [6.45, 7) is 3.00. The van der Waals surface area contributed by atoms with E-state index in [4.69, 9.17) is 0 Å². The lowest BCUT2D eigenvalue weighted by Crippen LogP contribution is -2.49. The standard InChI is InChI=1S/C18H21FN4O2/c1-12-5-6-15(19)14(10-12)17(24)21-13-4-3-8-23(11-13)16-18(25)22(2)9-7-20-16/h5-7,9-10,13H,3-4,8,11H2,1-2H3,(H,21,24). The molecule has 1 N–H and O–H groups in total. The van der Waals surface area contributed by atoms with Crippen molar-refractivity contribution in [2.45, 2.75) is 25.8 Å². The number of aryl methyl sites for hydroxylation is 2. The van der Waals surface area contributed by atoms with Crippen LogP contribution >= 0.6 is 0 Å². The maximum absolute atomic E-state index is 13.9. The van der Waals surface area contributed by atoms with Crippen LogP contribution in [0.15, 0.2) is 35.4 Å². The molecule has 1 unspecified atom stereocenters. The topological polar surface area (TPSA) is 67.2 Å². The summed E-state index contributed by atoms with van der Waals surface area (Å²) < 4.78 is 15.4. The first-order valence-corrected chi connectivity index (χ1v) is 8.29. The van der Waals surface area contributed by atoms with Gasteiger partial charge in [0.15, 0.2) is 5.82 Å². The third-order valence-electron chi connectivity index (χ3n) is 4.42. The van der Waals surface area contributed by atoms with Crippen LogP contribution in [0.3, 0.4) is 0 Å². The van der Waals surface area contributed by atoms with Crippen molar-refractivity contribution in [2.75, 3.05) is 18.0 Å². The van der Waals surface area contributed by atoms with Gasteiger partial charge in [-0.05, 0) is 31.9 Å². The van der Waals surface area contributed by atoms with Gasteiger partial charge in [0.2, 0.25) is 0 Å². The normalized spacial score (nSPS) is 17.4. The highest BCUT2D eigenvalue weighted by Crippen LogP contribution is 2.16. The summed E-state index contributed by atoms with van der Waals surface area (Å²) in [6.07, 6.45) is 4.79. The Morgan fingerprint density at radius 1 is 1.40 bits per heavy atom. The summed E-state index contributed by atoms with van der Waals surface area (Å²) >= 11 is 0. The van der Waals surface area contributed by atoms with Gasteiger partial charge in [-0.2, -0.15) is 0 Å². The van der Waals surface area contributed by atoms with E-state index in [0.29, 0.717) is 18.9 Å². The van der Waals surface area contributed by atoms with Crippen molar-refractivity contribution < 1.29 is 9.18 Å². The zero-order valence-electron chi connectivity index (χ0n) is 14.3. The molecule has 3 rings (SSSR count). The summed E-state index contributed by atoms with van der Waals surface area (Å²) in [5.41, 5.74) is 0.707. The summed E-state index contributed by atoms with van der Waals surface area (Å²) in [4.78, 5) is 30.7. The zero-order valence-corrected chi connectivity index (χ0v) is 14.3. The summed E-state index contributed by atoms with van der Waals surface area (Å²) in [5, 5.41) is 2.88. The number of carbonyl (C=O) groups is 1. The molecule has 132 valence electrons. The Bertz CT molecular complexity index is 849. The first-order valence-electron chi connectivity index (χ1n) is 8.29. The molecule has 0 spiro atoms. The smallest absolute Gasteiger partial charge is 0.293 e. The SMILES string of the molecule is Cc1ccc(F)c(C(=O)NC2CCCN(c3nccn(C)c3=O)C2)c1. The Hall–Kier alpha value is -2.70. The van der Waals surface area contributed by atoms with E-state index in [1.807, 2.05) is 11.8 Å². The van der Waals surface area contributed by atoms with E-state index in [2.05, 4.69) is 10.3 Å². The first kappa shape index (κ1) is 17.1. The van der Waals surface area contributed by atoms with E-state index in [1.165, 1.54) is 10.6 Å². The molecule has 2 heterocycles. The van der Waals surface area contributed by atoms with Gasteiger partial charge >= 0.3 is 0 Å². The second-order valence-electron chi connectivity index (χ2n) is 6.41. The maximum Gasteiger partial charge on any atom is 0.293 e. The van der Waals surface area contributed by atoms with Crippen molar-refractivity contribution in [1.29, 1.82) is 0 Å². The van der Waals surface area contributed by atoms with Gasteiger partial charge in [-0.15, -0.1) is 0 Å². The fraction of sp³-hybridized carbons (Fsp3) is 0.389. The van der Waals surface area contributed by atoms with E-state index in [1.54, 1.807) is 31.6 Å². The van der Waals surface area contributed by atoms with Crippen LogP contribution in [0.1, 0.15) is 28.8 Å². The lowest BCUT2D eigenvalue weighted by Gasteiger charge is -2.33. The molecular formula is C18H21FN4O2. The molecule has 1 saturated heterocycles. The van der Waals surface area contributed by atoms with Gasteiger partial charge in [0.25, 0.3) is 11.5 Å². The monoisotopic (exact) mass is 344 g/mol. The molecule has 7 heteroatoms. The van der Waals surface area contributed by atoms with Crippen LogP contribution in [-0.2, 0) is 7.05 Å². The molecule has 0 bridgehead atoms. The predicted octanol–water partition coefficient (Wildman–Crippen LogP) is 1.63. The number of rotatable bonds is 3. The van der Waals surface area contributed by atoms with Crippen LogP contribution in [0.25, 0.3) is 0 Å². The number of carbonyl (C=O) groups excluding carboxylic acids is 1. The Kier molecular flexibility index (Phi) is 4.83. The van der Waals surface area contributed by atoms with Crippen LogP contribution < -0.4 is 15.8 Å². The Labute approximate surface area is 145 Å². The molecule has 1 aromatic heterocycles. The van der Waals surface area contributed by atoms with E-state index in [9.17, 15) is 14.0 Å². The zero-order chi connectivity index (χ0) is 18.0. The lowest BCUT2D eigenvalue weighted by molar-refractivity contribution is 0.0929. The van der Waals surface area contributed by atoms with Crippen LogP contribution in [-0.4, -0.2) is 34.6 Å². The Balaban J connectivity index is 1.73. The van der Waals surface area contributed by atoms with Gasteiger partial charge in [0.1, 0.15) is 5.82 Å². The number of hydrogen-bond donors (Lipinski definition) is 1. The minimum atomic E-state index is -0.533. The molecule has 1 amide bonds. The second-order valence-corrected chi connectivity index (χ2v) is 6.41. The van der Waals surface area contributed by atoms with Crippen LogP contribution in [0, 0.1) is 12.7 Å². The lowest BCUT2D eigenvalue weighted by atomic mass is 10.0. The number of aromatic nitrogens is 2. The first-order chi connectivity index (χ1) is 12.0. The fourth-order valence-corrected chi connectivity index (χ4v) is 3.07. The minimum Gasteiger partial charge on any atom is -0.350 e. The van der Waals surface area contributed by atoms with Gasteiger partial charge in [0, 0.05) is 38.6 Å². The van der Waals surface area contributed by atoms with Crippen LogP contribution in [0.2, 0.25) is 0 Å². The molecule has 1 aliphatic heterocycles. The number of benzene rings is 1. The van der Waals surface area contributed by atoms with Crippen molar-refractivity contribution in [2.24, 2.45) is 7.05 Å². The largest absolute Gasteiger partial charge is 0.350 e. The van der Waals surface area contributed by atoms with Crippen molar-refractivity contribution in [3.8, 4) is 0 Å². The van der Waals surface area contributed by atoms with Crippen molar-refractivity contribution in [1.82, 2.24) is 14.9 Å². The van der Waals surface area contributed by atoms with Gasteiger partial charge in [-0.25, -0.2) is 9.37 Å². The van der Waals surface area contributed by atoms with E-state index < -0.39 is 11.7 Å². The van der Waals surface area contributed by atoms with Gasteiger partial charge in [-0.1, -0.05) is 11.6 Å². The number of halogens is 1. The molecule has 1 atom stereocenters. The van der Waals surface area contributed by atoms with Crippen LogP contribution in [0.5, 0.6) is 0 Å². The molecule has 2 aromatic rings. The number of nitrogens with one attached hydrogen (secondary N) is 1. The van der Waals surface area contributed by atoms with Crippen molar-refractivity contribution >= 4 is 11.7 Å². The van der Waals surface area contributed by atoms with E-state index >= 15 is 0 Å². The molecule has 1 fully saturated rings. The van der Waals surface area contributed by atoms with Crippen LogP contribution in [0.4, 0.5) is 10.2 Å². The summed E-state index contributed by atoms with van der Waals surface area (Å²) in [7, 11) is 1.68. The highest BCUT2D eigenvalue weighted by atomic mass is 19.1. The minimum absolute atomic E-state index is 0.0471. The van der Waals surface area contributed by atoms with Gasteiger partial charge in [0.05, 0.1) is 5.56 Å². The molecular weight excluding hydrogens is 323 g/mol. The average Bonchev–Trinajstić information content (AvgIpc) is 2.59. The predicted molar refractivity (Wildman–Crippen MR) is 93.3 cm³/mol. The summed E-state index contributed by atoms with van der Waals surface area (Å²) in [6, 6.07) is 4.31. The molecule has 6 nitrogen and oxygen atoms in total. The Morgan fingerprint density at radius 3 is 3.00 bits per heavy atom. The number of piperidine rings is 1. The molecule has 0 aliphatic carbocycles. The quantitative estimate of drug-likeness (QED) is 0.919. The Morgan fingerprint density at radius 2 is 2.20 bits per heavy atom. The van der Waals surface area contributed by atoms with Gasteiger partial charge in [-0.3, -0.25) is 9.59 Å². The van der Waals surface area contributed by atoms with Gasteiger partial charge < -0.3 is 14.8 Å². The molecule has 25 heavy (non-hydrogen) atoms. The highest BCUT2D eigenvalue weighted by Gasteiger charge is 2.25. The second kappa shape index (κ2) is 7.04. The van der Waals surface area contributed by atoms with E-state index in [-0.39, 0.29) is 17.2 Å². The number of nitrogens with zero attached hydrogens (tertiary/aromatic N) is 3. The average molecular weight is 344 g/mol. The summed E-state index contributed by atoms with van der Waals surface area (Å²) in [5.74, 6) is -0.581. The number of hydrogen-bond acceptors (Lipinski definition) is 4. The maximum atomic E-state index is 13.9. The number of amides is 1. The molecule has 1 aliphatic rings.